The predicted octanol–water partition coefficient (Wildman–Crippen LogP) is -1.23. The number of aliphatic hydroxyl groups is 1. The summed E-state index contributed by atoms with van der Waals surface area (Å²) in [5, 5.41) is 24.9. The van der Waals surface area contributed by atoms with Gasteiger partial charge in [-0.25, -0.2) is 4.79 Å². The number of amides is 3. The summed E-state index contributed by atoms with van der Waals surface area (Å²) < 4.78 is 0. The SMILES string of the molecule is CCC(C)C(NC(=O)C(N)Cc1ccccc1)C(=O)NCC(=O)NC(CO)C(=O)O. The molecule has 0 bridgehead atoms. The molecule has 0 aliphatic carbocycles. The molecule has 0 fully saturated rings. The van der Waals surface area contributed by atoms with Crippen LogP contribution in [0.15, 0.2) is 30.3 Å². The highest BCUT2D eigenvalue weighted by molar-refractivity contribution is 5.92. The number of nitrogens with one attached hydrogen (secondary N) is 3. The van der Waals surface area contributed by atoms with Crippen molar-refractivity contribution in [2.24, 2.45) is 11.7 Å². The van der Waals surface area contributed by atoms with Gasteiger partial charge in [-0.1, -0.05) is 50.6 Å². The van der Waals surface area contributed by atoms with Gasteiger partial charge < -0.3 is 31.9 Å². The highest BCUT2D eigenvalue weighted by atomic mass is 16.4. The first-order valence-corrected chi connectivity index (χ1v) is 9.70. The third-order valence-corrected chi connectivity index (χ3v) is 4.67. The van der Waals surface area contributed by atoms with Gasteiger partial charge in [-0.15, -0.1) is 0 Å². The van der Waals surface area contributed by atoms with E-state index >= 15 is 0 Å². The van der Waals surface area contributed by atoms with E-state index in [1.54, 1.807) is 6.92 Å². The first kappa shape index (κ1) is 25.1. The van der Waals surface area contributed by atoms with Gasteiger partial charge >= 0.3 is 5.97 Å². The molecule has 0 aliphatic rings. The van der Waals surface area contributed by atoms with E-state index in [9.17, 15) is 19.2 Å². The molecule has 0 aromatic heterocycles. The molecular weight excluding hydrogens is 392 g/mol. The van der Waals surface area contributed by atoms with Gasteiger partial charge in [0.05, 0.1) is 19.2 Å². The number of nitrogens with two attached hydrogens (primary N) is 1. The maximum Gasteiger partial charge on any atom is 0.328 e. The third-order valence-electron chi connectivity index (χ3n) is 4.67. The number of benzene rings is 1. The van der Waals surface area contributed by atoms with Crippen LogP contribution in [0.1, 0.15) is 25.8 Å². The topological polar surface area (TPSA) is 171 Å². The zero-order chi connectivity index (χ0) is 22.7. The summed E-state index contributed by atoms with van der Waals surface area (Å²) in [6.07, 6.45) is 0.895. The second-order valence-electron chi connectivity index (χ2n) is 7.03. The molecule has 10 nitrogen and oxygen atoms in total. The van der Waals surface area contributed by atoms with Crippen LogP contribution in [0, 0.1) is 5.92 Å². The fraction of sp³-hybridized carbons (Fsp3) is 0.500. The number of hydrogen-bond donors (Lipinski definition) is 6. The zero-order valence-corrected chi connectivity index (χ0v) is 17.1. The van der Waals surface area contributed by atoms with Gasteiger partial charge in [0.2, 0.25) is 17.7 Å². The molecule has 4 unspecified atom stereocenters. The Bertz CT molecular complexity index is 727. The molecule has 166 valence electrons. The maximum absolute atomic E-state index is 12.5. The van der Waals surface area contributed by atoms with E-state index in [0.29, 0.717) is 12.8 Å². The van der Waals surface area contributed by atoms with Gasteiger partial charge in [-0.3, -0.25) is 14.4 Å². The van der Waals surface area contributed by atoms with E-state index in [0.717, 1.165) is 5.56 Å². The van der Waals surface area contributed by atoms with Gasteiger partial charge in [0.25, 0.3) is 0 Å². The smallest absolute Gasteiger partial charge is 0.328 e. The van der Waals surface area contributed by atoms with Gasteiger partial charge in [-0.05, 0) is 17.9 Å². The number of carboxylic acid groups (broad SMARTS) is 1. The lowest BCUT2D eigenvalue weighted by Gasteiger charge is -2.25. The van der Waals surface area contributed by atoms with Crippen LogP contribution >= 0.6 is 0 Å². The minimum atomic E-state index is -1.46. The van der Waals surface area contributed by atoms with Crippen LogP contribution in [0.5, 0.6) is 0 Å². The average molecular weight is 422 g/mol. The summed E-state index contributed by atoms with van der Waals surface area (Å²) in [4.78, 5) is 47.7. The lowest BCUT2D eigenvalue weighted by molar-refractivity contribution is -0.142. The lowest BCUT2D eigenvalue weighted by atomic mass is 9.97. The highest BCUT2D eigenvalue weighted by Crippen LogP contribution is 2.09. The predicted molar refractivity (Wildman–Crippen MR) is 109 cm³/mol. The summed E-state index contributed by atoms with van der Waals surface area (Å²) >= 11 is 0. The molecule has 1 aromatic carbocycles. The van der Waals surface area contributed by atoms with Crippen molar-refractivity contribution in [3.05, 3.63) is 35.9 Å². The molecule has 0 aliphatic heterocycles. The van der Waals surface area contributed by atoms with Gasteiger partial charge in [0, 0.05) is 0 Å². The Morgan fingerprint density at radius 1 is 1.07 bits per heavy atom. The molecule has 0 heterocycles. The monoisotopic (exact) mass is 422 g/mol. The van der Waals surface area contributed by atoms with E-state index in [-0.39, 0.29) is 5.92 Å². The lowest BCUT2D eigenvalue weighted by Crippen LogP contribution is -2.56. The first-order valence-electron chi connectivity index (χ1n) is 9.70. The first-order chi connectivity index (χ1) is 14.2. The van der Waals surface area contributed by atoms with Crippen molar-refractivity contribution >= 4 is 23.7 Å². The van der Waals surface area contributed by atoms with Crippen LogP contribution in [-0.2, 0) is 25.6 Å². The van der Waals surface area contributed by atoms with E-state index in [1.807, 2.05) is 37.3 Å². The van der Waals surface area contributed by atoms with Gasteiger partial charge in [0.15, 0.2) is 0 Å². The molecule has 1 rings (SSSR count). The van der Waals surface area contributed by atoms with Crippen molar-refractivity contribution in [1.29, 1.82) is 0 Å². The summed E-state index contributed by atoms with van der Waals surface area (Å²) in [6, 6.07) is 6.01. The van der Waals surface area contributed by atoms with E-state index in [2.05, 4.69) is 16.0 Å². The fourth-order valence-corrected chi connectivity index (χ4v) is 2.63. The van der Waals surface area contributed by atoms with E-state index in [4.69, 9.17) is 15.9 Å². The number of aliphatic hydroxyl groups excluding tert-OH is 1. The third kappa shape index (κ3) is 8.18. The molecule has 0 saturated carbocycles. The molecule has 3 amide bonds. The van der Waals surface area contributed by atoms with Crippen molar-refractivity contribution in [2.75, 3.05) is 13.2 Å². The average Bonchev–Trinajstić information content (AvgIpc) is 2.73. The molecule has 30 heavy (non-hydrogen) atoms. The number of aliphatic carboxylic acids is 1. The van der Waals surface area contributed by atoms with Crippen LogP contribution in [0.2, 0.25) is 0 Å². The van der Waals surface area contributed by atoms with Crippen molar-refractivity contribution < 1.29 is 29.4 Å². The summed E-state index contributed by atoms with van der Waals surface area (Å²) in [6.45, 7) is 2.35. The molecule has 0 saturated heterocycles. The Balaban J connectivity index is 2.67. The van der Waals surface area contributed by atoms with Crippen molar-refractivity contribution in [3.8, 4) is 0 Å². The standard InChI is InChI=1S/C20H30N4O6/c1-3-12(2)17(19(28)22-10-16(26)23-15(11-25)20(29)30)24-18(27)14(21)9-13-7-5-4-6-8-13/h4-8,12,14-15,17,25H,3,9-11,21H2,1-2H3,(H,22,28)(H,23,26)(H,24,27)(H,29,30). The van der Waals surface area contributed by atoms with Crippen molar-refractivity contribution in [1.82, 2.24) is 16.0 Å². The maximum atomic E-state index is 12.5. The van der Waals surface area contributed by atoms with Crippen LogP contribution in [0.25, 0.3) is 0 Å². The number of carboxylic acids is 1. The molecule has 0 spiro atoms. The minimum Gasteiger partial charge on any atom is -0.480 e. The normalized spacial score (nSPS) is 14.7. The molecule has 0 radical (unpaired) electrons. The fourth-order valence-electron chi connectivity index (χ4n) is 2.63. The van der Waals surface area contributed by atoms with Gasteiger partial charge in [0.1, 0.15) is 12.1 Å². The summed E-state index contributed by atoms with van der Waals surface area (Å²) in [5.41, 5.74) is 6.86. The van der Waals surface area contributed by atoms with E-state index in [1.165, 1.54) is 0 Å². The Morgan fingerprint density at radius 3 is 2.23 bits per heavy atom. The molecule has 1 aromatic rings. The number of carbonyl (C=O) groups excluding carboxylic acids is 3. The zero-order valence-electron chi connectivity index (χ0n) is 17.1. The van der Waals surface area contributed by atoms with E-state index < -0.39 is 55.0 Å². The Hall–Kier alpha value is -2.98. The van der Waals surface area contributed by atoms with Crippen LogP contribution in [0.3, 0.4) is 0 Å². The molecule has 4 atom stereocenters. The summed E-state index contributed by atoms with van der Waals surface area (Å²) in [7, 11) is 0. The number of rotatable bonds is 12. The van der Waals surface area contributed by atoms with Crippen LogP contribution in [0.4, 0.5) is 0 Å². The molecule has 10 heteroatoms. The van der Waals surface area contributed by atoms with Crippen molar-refractivity contribution in [3.63, 3.8) is 0 Å². The Morgan fingerprint density at radius 2 is 1.70 bits per heavy atom. The minimum absolute atomic E-state index is 0.231. The largest absolute Gasteiger partial charge is 0.480 e. The van der Waals surface area contributed by atoms with Gasteiger partial charge in [-0.2, -0.15) is 0 Å². The number of carbonyl (C=O) groups is 4. The highest BCUT2D eigenvalue weighted by Gasteiger charge is 2.28. The quantitative estimate of drug-likeness (QED) is 0.245. The van der Waals surface area contributed by atoms with Crippen LogP contribution in [-0.4, -0.2) is 65.2 Å². The second kappa shape index (κ2) is 12.6. The van der Waals surface area contributed by atoms with Crippen LogP contribution < -0.4 is 21.7 Å². The Labute approximate surface area is 175 Å². The second-order valence-corrected chi connectivity index (χ2v) is 7.03. The number of hydrogen-bond acceptors (Lipinski definition) is 6. The summed E-state index contributed by atoms with van der Waals surface area (Å²) in [5.74, 6) is -3.48. The molecular formula is C20H30N4O6. The Kier molecular flexibility index (Phi) is 10.5. The molecule has 7 N–H and O–H groups in total. The van der Waals surface area contributed by atoms with Crippen molar-refractivity contribution in [2.45, 2.75) is 44.8 Å².